The van der Waals surface area contributed by atoms with Crippen molar-refractivity contribution in [3.63, 3.8) is 0 Å². The summed E-state index contributed by atoms with van der Waals surface area (Å²) in [5, 5.41) is 3.88. The first-order valence-corrected chi connectivity index (χ1v) is 7.68. The fraction of sp³-hybridized carbons (Fsp3) is 1.00. The van der Waals surface area contributed by atoms with Crippen LogP contribution in [0.5, 0.6) is 0 Å². The SMILES string of the molecule is CC(C)CN1CC(C2CC2)NCC12CCCC2. The zero-order valence-corrected chi connectivity index (χ0v) is 11.5. The van der Waals surface area contributed by atoms with Gasteiger partial charge in [0.15, 0.2) is 0 Å². The van der Waals surface area contributed by atoms with Crippen molar-refractivity contribution in [3.8, 4) is 0 Å². The van der Waals surface area contributed by atoms with E-state index in [1.807, 2.05) is 0 Å². The molecule has 0 bridgehead atoms. The smallest absolute Gasteiger partial charge is 0.0334 e. The molecule has 3 rings (SSSR count). The van der Waals surface area contributed by atoms with Crippen LogP contribution >= 0.6 is 0 Å². The highest BCUT2D eigenvalue weighted by molar-refractivity contribution is 5.04. The monoisotopic (exact) mass is 236 g/mol. The zero-order valence-electron chi connectivity index (χ0n) is 11.5. The highest BCUT2D eigenvalue weighted by atomic mass is 15.3. The lowest BCUT2D eigenvalue weighted by atomic mass is 9.89. The molecule has 0 aromatic rings. The summed E-state index contributed by atoms with van der Waals surface area (Å²) >= 11 is 0. The molecule has 1 atom stereocenters. The molecule has 17 heavy (non-hydrogen) atoms. The molecule has 0 radical (unpaired) electrons. The molecular formula is C15H28N2. The summed E-state index contributed by atoms with van der Waals surface area (Å²) in [4.78, 5) is 2.87. The van der Waals surface area contributed by atoms with Crippen LogP contribution in [0.25, 0.3) is 0 Å². The topological polar surface area (TPSA) is 15.3 Å². The predicted octanol–water partition coefficient (Wildman–Crippen LogP) is 2.64. The van der Waals surface area contributed by atoms with Gasteiger partial charge in [0, 0.05) is 31.2 Å². The van der Waals surface area contributed by atoms with E-state index < -0.39 is 0 Å². The lowest BCUT2D eigenvalue weighted by Gasteiger charge is -2.49. The summed E-state index contributed by atoms with van der Waals surface area (Å²) in [6.07, 6.45) is 8.71. The van der Waals surface area contributed by atoms with Crippen LogP contribution in [0.4, 0.5) is 0 Å². The number of piperazine rings is 1. The molecule has 0 amide bonds. The van der Waals surface area contributed by atoms with Crippen LogP contribution < -0.4 is 5.32 Å². The summed E-state index contributed by atoms with van der Waals surface area (Å²) in [7, 11) is 0. The molecule has 1 unspecified atom stereocenters. The zero-order chi connectivity index (χ0) is 11.9. The van der Waals surface area contributed by atoms with Crippen LogP contribution in [-0.2, 0) is 0 Å². The lowest BCUT2D eigenvalue weighted by molar-refractivity contribution is 0.0288. The quantitative estimate of drug-likeness (QED) is 0.810. The molecule has 2 nitrogen and oxygen atoms in total. The van der Waals surface area contributed by atoms with E-state index >= 15 is 0 Å². The Bertz CT molecular complexity index is 264. The summed E-state index contributed by atoms with van der Waals surface area (Å²) in [6, 6.07) is 0.806. The highest BCUT2D eigenvalue weighted by Crippen LogP contribution is 2.41. The van der Waals surface area contributed by atoms with Gasteiger partial charge in [-0.3, -0.25) is 4.90 Å². The molecule has 98 valence electrons. The van der Waals surface area contributed by atoms with Crippen LogP contribution in [0.3, 0.4) is 0 Å². The van der Waals surface area contributed by atoms with Gasteiger partial charge in [-0.15, -0.1) is 0 Å². The van der Waals surface area contributed by atoms with Crippen molar-refractivity contribution in [2.75, 3.05) is 19.6 Å². The molecule has 1 N–H and O–H groups in total. The molecule has 1 spiro atoms. The molecule has 3 aliphatic rings. The molecule has 2 saturated carbocycles. The van der Waals surface area contributed by atoms with Crippen molar-refractivity contribution in [1.82, 2.24) is 10.2 Å². The van der Waals surface area contributed by atoms with Crippen LogP contribution in [-0.4, -0.2) is 36.1 Å². The molecule has 1 heterocycles. The third-order valence-corrected chi connectivity index (χ3v) is 5.09. The Hall–Kier alpha value is -0.0800. The van der Waals surface area contributed by atoms with Crippen LogP contribution in [0.15, 0.2) is 0 Å². The summed E-state index contributed by atoms with van der Waals surface area (Å²) in [5.74, 6) is 1.81. The Labute approximate surface area is 106 Å². The Morgan fingerprint density at radius 2 is 1.94 bits per heavy atom. The maximum atomic E-state index is 3.88. The van der Waals surface area contributed by atoms with Gasteiger partial charge in [-0.2, -0.15) is 0 Å². The summed E-state index contributed by atoms with van der Waals surface area (Å²) in [5.41, 5.74) is 0.537. The maximum absolute atomic E-state index is 3.88. The van der Waals surface area contributed by atoms with Gasteiger partial charge in [0.1, 0.15) is 0 Å². The number of nitrogens with one attached hydrogen (secondary N) is 1. The lowest BCUT2D eigenvalue weighted by Crippen LogP contribution is -2.64. The average Bonchev–Trinajstić information content (AvgIpc) is 3.02. The van der Waals surface area contributed by atoms with Crippen molar-refractivity contribution >= 4 is 0 Å². The van der Waals surface area contributed by atoms with E-state index in [4.69, 9.17) is 0 Å². The first-order valence-electron chi connectivity index (χ1n) is 7.68. The van der Waals surface area contributed by atoms with Crippen LogP contribution in [0.2, 0.25) is 0 Å². The van der Waals surface area contributed by atoms with Crippen molar-refractivity contribution in [3.05, 3.63) is 0 Å². The van der Waals surface area contributed by atoms with E-state index in [-0.39, 0.29) is 0 Å². The van der Waals surface area contributed by atoms with Gasteiger partial charge in [0.2, 0.25) is 0 Å². The number of nitrogens with zero attached hydrogens (tertiary/aromatic N) is 1. The van der Waals surface area contributed by atoms with Crippen molar-refractivity contribution < 1.29 is 0 Å². The van der Waals surface area contributed by atoms with E-state index in [0.717, 1.165) is 17.9 Å². The predicted molar refractivity (Wildman–Crippen MR) is 72.1 cm³/mol. The molecule has 2 aliphatic carbocycles. The Morgan fingerprint density at radius 3 is 2.53 bits per heavy atom. The minimum atomic E-state index is 0.537. The molecular weight excluding hydrogens is 208 g/mol. The Kier molecular flexibility index (Phi) is 3.20. The number of hydrogen-bond donors (Lipinski definition) is 1. The number of rotatable bonds is 3. The average molecular weight is 236 g/mol. The van der Waals surface area contributed by atoms with E-state index in [0.29, 0.717) is 5.54 Å². The first-order chi connectivity index (χ1) is 8.20. The van der Waals surface area contributed by atoms with Gasteiger partial charge in [-0.05, 0) is 37.5 Å². The normalized spacial score (nSPS) is 33.7. The van der Waals surface area contributed by atoms with Crippen molar-refractivity contribution in [2.24, 2.45) is 11.8 Å². The minimum absolute atomic E-state index is 0.537. The second kappa shape index (κ2) is 4.55. The molecule has 0 aromatic carbocycles. The maximum Gasteiger partial charge on any atom is 0.0334 e. The largest absolute Gasteiger partial charge is 0.311 e. The summed E-state index contributed by atoms with van der Waals surface area (Å²) in [6.45, 7) is 8.64. The second-order valence-corrected chi connectivity index (χ2v) is 7.06. The molecule has 0 aromatic heterocycles. The van der Waals surface area contributed by atoms with Gasteiger partial charge in [0.25, 0.3) is 0 Å². The van der Waals surface area contributed by atoms with Crippen molar-refractivity contribution in [1.29, 1.82) is 0 Å². The van der Waals surface area contributed by atoms with Gasteiger partial charge in [-0.25, -0.2) is 0 Å². The van der Waals surface area contributed by atoms with Crippen LogP contribution in [0, 0.1) is 11.8 Å². The fourth-order valence-electron chi connectivity index (χ4n) is 3.98. The van der Waals surface area contributed by atoms with Crippen LogP contribution in [0.1, 0.15) is 52.4 Å². The van der Waals surface area contributed by atoms with Crippen molar-refractivity contribution in [2.45, 2.75) is 64.0 Å². The van der Waals surface area contributed by atoms with E-state index in [9.17, 15) is 0 Å². The Morgan fingerprint density at radius 1 is 1.24 bits per heavy atom. The summed E-state index contributed by atoms with van der Waals surface area (Å²) < 4.78 is 0. The standard InChI is InChI=1S/C15H28N2/c1-12(2)9-17-10-14(13-5-6-13)16-11-15(17)7-3-4-8-15/h12-14,16H,3-11H2,1-2H3. The van der Waals surface area contributed by atoms with Gasteiger partial charge < -0.3 is 5.32 Å². The third kappa shape index (κ3) is 2.39. The second-order valence-electron chi connectivity index (χ2n) is 7.06. The molecule has 2 heteroatoms. The Balaban J connectivity index is 1.70. The van der Waals surface area contributed by atoms with Gasteiger partial charge in [0.05, 0.1) is 0 Å². The minimum Gasteiger partial charge on any atom is -0.311 e. The fourth-order valence-corrected chi connectivity index (χ4v) is 3.98. The van der Waals surface area contributed by atoms with E-state index in [1.54, 1.807) is 0 Å². The van der Waals surface area contributed by atoms with Gasteiger partial charge in [-0.1, -0.05) is 26.7 Å². The molecule has 1 saturated heterocycles. The number of hydrogen-bond acceptors (Lipinski definition) is 2. The third-order valence-electron chi connectivity index (χ3n) is 5.09. The molecule has 3 fully saturated rings. The van der Waals surface area contributed by atoms with E-state index in [2.05, 4.69) is 24.1 Å². The first kappa shape index (κ1) is 12.0. The van der Waals surface area contributed by atoms with E-state index in [1.165, 1.54) is 58.2 Å². The molecule has 1 aliphatic heterocycles. The highest BCUT2D eigenvalue weighted by Gasteiger charge is 2.46. The van der Waals surface area contributed by atoms with Gasteiger partial charge >= 0.3 is 0 Å².